The number of hydrogen-bond donors (Lipinski definition) is 3. The summed E-state index contributed by atoms with van der Waals surface area (Å²) < 4.78 is 5.43. The number of carbonyl (C=O) groups is 2. The van der Waals surface area contributed by atoms with Gasteiger partial charge >= 0.3 is 6.03 Å². The SMILES string of the molecule is O=C(CCNC(=O)NCc1ccccc1)NCC1CCCO1. The number of ether oxygens (including phenoxy) is 1. The van der Waals surface area contributed by atoms with E-state index in [9.17, 15) is 9.59 Å². The number of carbonyl (C=O) groups excluding carboxylic acids is 2. The molecule has 1 heterocycles. The summed E-state index contributed by atoms with van der Waals surface area (Å²) >= 11 is 0. The first-order valence-corrected chi connectivity index (χ1v) is 7.68. The molecule has 1 atom stereocenters. The van der Waals surface area contributed by atoms with Crippen molar-refractivity contribution in [3.8, 4) is 0 Å². The first-order chi connectivity index (χ1) is 10.7. The number of nitrogens with one attached hydrogen (secondary N) is 3. The largest absolute Gasteiger partial charge is 0.376 e. The van der Waals surface area contributed by atoms with Gasteiger partial charge in [0.1, 0.15) is 0 Å². The van der Waals surface area contributed by atoms with Crippen LogP contribution in [0.1, 0.15) is 24.8 Å². The second kappa shape index (κ2) is 9.04. The zero-order valence-electron chi connectivity index (χ0n) is 12.6. The third-order valence-corrected chi connectivity index (χ3v) is 3.48. The lowest BCUT2D eigenvalue weighted by molar-refractivity contribution is -0.121. The zero-order chi connectivity index (χ0) is 15.6. The van der Waals surface area contributed by atoms with Gasteiger partial charge in [-0.25, -0.2) is 4.79 Å². The fourth-order valence-corrected chi connectivity index (χ4v) is 2.25. The van der Waals surface area contributed by atoms with E-state index >= 15 is 0 Å². The molecular formula is C16H23N3O3. The third kappa shape index (κ3) is 6.13. The van der Waals surface area contributed by atoms with Gasteiger partial charge in [0.2, 0.25) is 5.91 Å². The summed E-state index contributed by atoms with van der Waals surface area (Å²) in [6.07, 6.45) is 2.47. The molecule has 3 N–H and O–H groups in total. The van der Waals surface area contributed by atoms with E-state index in [2.05, 4.69) is 16.0 Å². The number of benzene rings is 1. The number of amides is 3. The molecule has 22 heavy (non-hydrogen) atoms. The fraction of sp³-hybridized carbons (Fsp3) is 0.500. The maximum absolute atomic E-state index is 11.6. The minimum Gasteiger partial charge on any atom is -0.376 e. The summed E-state index contributed by atoms with van der Waals surface area (Å²) in [6, 6.07) is 9.40. The molecule has 1 unspecified atom stereocenters. The van der Waals surface area contributed by atoms with Crippen molar-refractivity contribution in [1.29, 1.82) is 0 Å². The van der Waals surface area contributed by atoms with Gasteiger partial charge in [-0.15, -0.1) is 0 Å². The van der Waals surface area contributed by atoms with Crippen LogP contribution in [-0.2, 0) is 16.1 Å². The standard InChI is InChI=1S/C16H23N3O3/c20-15(18-12-14-7-4-10-22-14)8-9-17-16(21)19-11-13-5-2-1-3-6-13/h1-3,5-6,14H,4,7-12H2,(H,18,20)(H2,17,19,21). The van der Waals surface area contributed by atoms with Crippen LogP contribution in [0.2, 0.25) is 0 Å². The lowest BCUT2D eigenvalue weighted by Crippen LogP contribution is -2.38. The van der Waals surface area contributed by atoms with Crippen molar-refractivity contribution in [3.63, 3.8) is 0 Å². The molecule has 1 aromatic carbocycles. The predicted molar refractivity (Wildman–Crippen MR) is 83.3 cm³/mol. The van der Waals surface area contributed by atoms with Gasteiger partial charge in [-0.05, 0) is 18.4 Å². The van der Waals surface area contributed by atoms with Gasteiger partial charge in [0, 0.05) is 32.7 Å². The molecule has 1 aliphatic heterocycles. The molecule has 6 nitrogen and oxygen atoms in total. The summed E-state index contributed by atoms with van der Waals surface area (Å²) in [6.45, 7) is 2.12. The van der Waals surface area contributed by atoms with Crippen LogP contribution >= 0.6 is 0 Å². The first-order valence-electron chi connectivity index (χ1n) is 7.68. The summed E-state index contributed by atoms with van der Waals surface area (Å²) in [5.74, 6) is -0.0705. The van der Waals surface area contributed by atoms with E-state index in [1.54, 1.807) is 0 Å². The first kappa shape index (κ1) is 16.3. The monoisotopic (exact) mass is 305 g/mol. The second-order valence-corrected chi connectivity index (χ2v) is 5.28. The predicted octanol–water partition coefficient (Wildman–Crippen LogP) is 1.17. The van der Waals surface area contributed by atoms with E-state index in [0.717, 1.165) is 25.0 Å². The van der Waals surface area contributed by atoms with Gasteiger partial charge in [-0.3, -0.25) is 4.79 Å². The molecule has 0 aromatic heterocycles. The topological polar surface area (TPSA) is 79.5 Å². The maximum atomic E-state index is 11.6. The smallest absolute Gasteiger partial charge is 0.315 e. The highest BCUT2D eigenvalue weighted by molar-refractivity contribution is 5.78. The zero-order valence-corrected chi connectivity index (χ0v) is 12.6. The third-order valence-electron chi connectivity index (χ3n) is 3.48. The summed E-state index contributed by atoms with van der Waals surface area (Å²) in [5.41, 5.74) is 1.03. The fourth-order valence-electron chi connectivity index (χ4n) is 2.25. The Hall–Kier alpha value is -2.08. The minimum atomic E-state index is -0.268. The Kier molecular flexibility index (Phi) is 6.70. The summed E-state index contributed by atoms with van der Waals surface area (Å²) in [4.78, 5) is 23.2. The highest BCUT2D eigenvalue weighted by Crippen LogP contribution is 2.10. The van der Waals surface area contributed by atoms with E-state index in [-0.39, 0.29) is 24.5 Å². The molecule has 3 amide bonds. The Morgan fingerprint density at radius 1 is 1.14 bits per heavy atom. The number of rotatable bonds is 7. The highest BCUT2D eigenvalue weighted by atomic mass is 16.5. The Labute approximate surface area is 130 Å². The summed E-state index contributed by atoms with van der Waals surface area (Å²) in [7, 11) is 0. The van der Waals surface area contributed by atoms with Crippen molar-refractivity contribution in [2.75, 3.05) is 19.7 Å². The molecule has 0 bridgehead atoms. The molecule has 0 aliphatic carbocycles. The molecule has 1 saturated heterocycles. The van der Waals surface area contributed by atoms with Crippen LogP contribution in [0.5, 0.6) is 0 Å². The van der Waals surface area contributed by atoms with Crippen LogP contribution in [0, 0.1) is 0 Å². The van der Waals surface area contributed by atoms with Crippen molar-refractivity contribution >= 4 is 11.9 Å². The summed E-state index contributed by atoms with van der Waals surface area (Å²) in [5, 5.41) is 8.24. The van der Waals surface area contributed by atoms with E-state index in [4.69, 9.17) is 4.74 Å². The molecular weight excluding hydrogens is 282 g/mol. The maximum Gasteiger partial charge on any atom is 0.315 e. The highest BCUT2D eigenvalue weighted by Gasteiger charge is 2.15. The molecule has 1 aliphatic rings. The number of urea groups is 1. The average Bonchev–Trinajstić information content (AvgIpc) is 3.05. The molecule has 2 rings (SSSR count). The van der Waals surface area contributed by atoms with E-state index in [0.29, 0.717) is 19.6 Å². The molecule has 6 heteroatoms. The van der Waals surface area contributed by atoms with Crippen LogP contribution in [0.15, 0.2) is 30.3 Å². The van der Waals surface area contributed by atoms with Crippen LogP contribution in [0.3, 0.4) is 0 Å². The van der Waals surface area contributed by atoms with Gasteiger partial charge in [-0.2, -0.15) is 0 Å². The molecule has 1 aromatic rings. The van der Waals surface area contributed by atoms with Gasteiger partial charge in [0.05, 0.1) is 6.10 Å². The van der Waals surface area contributed by atoms with Gasteiger partial charge in [0.15, 0.2) is 0 Å². The van der Waals surface area contributed by atoms with Crippen molar-refractivity contribution < 1.29 is 14.3 Å². The van der Waals surface area contributed by atoms with Gasteiger partial charge in [-0.1, -0.05) is 30.3 Å². The van der Waals surface area contributed by atoms with E-state index in [1.807, 2.05) is 30.3 Å². The normalized spacial score (nSPS) is 17.0. The molecule has 120 valence electrons. The number of hydrogen-bond acceptors (Lipinski definition) is 3. The quantitative estimate of drug-likeness (QED) is 0.707. The van der Waals surface area contributed by atoms with E-state index < -0.39 is 0 Å². The van der Waals surface area contributed by atoms with Crippen molar-refractivity contribution in [1.82, 2.24) is 16.0 Å². The molecule has 1 fully saturated rings. The minimum absolute atomic E-state index is 0.0705. The van der Waals surface area contributed by atoms with Crippen LogP contribution in [0.25, 0.3) is 0 Å². The lowest BCUT2D eigenvalue weighted by Gasteiger charge is -2.11. The Balaban J connectivity index is 1.51. The van der Waals surface area contributed by atoms with Crippen molar-refractivity contribution in [3.05, 3.63) is 35.9 Å². The average molecular weight is 305 g/mol. The van der Waals surface area contributed by atoms with E-state index in [1.165, 1.54) is 0 Å². The molecule has 0 spiro atoms. The van der Waals surface area contributed by atoms with Crippen molar-refractivity contribution in [2.45, 2.75) is 31.9 Å². The Morgan fingerprint density at radius 3 is 2.68 bits per heavy atom. The lowest BCUT2D eigenvalue weighted by atomic mass is 10.2. The van der Waals surface area contributed by atoms with Gasteiger partial charge in [0.25, 0.3) is 0 Å². The van der Waals surface area contributed by atoms with Crippen LogP contribution in [-0.4, -0.2) is 37.7 Å². The van der Waals surface area contributed by atoms with Crippen molar-refractivity contribution in [2.24, 2.45) is 0 Å². The second-order valence-electron chi connectivity index (χ2n) is 5.28. The van der Waals surface area contributed by atoms with Crippen LogP contribution < -0.4 is 16.0 Å². The van der Waals surface area contributed by atoms with Crippen LogP contribution in [0.4, 0.5) is 4.79 Å². The van der Waals surface area contributed by atoms with Gasteiger partial charge < -0.3 is 20.7 Å². The molecule has 0 radical (unpaired) electrons. The Bertz CT molecular complexity index is 473. The Morgan fingerprint density at radius 2 is 1.95 bits per heavy atom. The molecule has 0 saturated carbocycles.